The fourth-order valence-electron chi connectivity index (χ4n) is 0.598. The number of nitrogen functional groups attached to an aromatic ring is 1. The highest BCUT2D eigenvalue weighted by Gasteiger charge is 1.92. The van der Waals surface area contributed by atoms with Crippen LogP contribution < -0.4 is 5.73 Å². The minimum absolute atomic E-state index is 0.549. The van der Waals surface area contributed by atoms with Crippen LogP contribution in [0.25, 0.3) is 0 Å². The van der Waals surface area contributed by atoms with Crippen molar-refractivity contribution in [2.24, 2.45) is 10.2 Å². The monoisotopic (exact) mass is 136 g/mol. The van der Waals surface area contributed by atoms with E-state index in [1.807, 2.05) is 0 Å². The summed E-state index contributed by atoms with van der Waals surface area (Å²) in [5.74, 6) is 0. The van der Waals surface area contributed by atoms with Crippen molar-refractivity contribution in [1.29, 1.82) is 0 Å². The molecule has 0 aromatic carbocycles. The number of hydrogen-bond acceptors (Lipinski definition) is 4. The van der Waals surface area contributed by atoms with E-state index in [0.717, 1.165) is 0 Å². The average Bonchev–Trinajstić information content (AvgIpc) is 1.94. The van der Waals surface area contributed by atoms with Crippen LogP contribution in [0.4, 0.5) is 11.4 Å². The Hall–Kier alpha value is -1.45. The van der Waals surface area contributed by atoms with Gasteiger partial charge in [-0.15, -0.1) is 0 Å². The zero-order chi connectivity index (χ0) is 7.40. The molecule has 1 rings (SSSR count). The molecule has 0 amide bonds. The molecule has 0 atom stereocenters. The number of azo groups is 1. The smallest absolute Gasteiger partial charge is 0.111 e. The maximum atomic E-state index is 5.49. The predicted octanol–water partition coefficient (Wildman–Crippen LogP) is 1.38. The quantitative estimate of drug-likeness (QED) is 0.592. The Bertz CT molecular complexity index is 243. The van der Waals surface area contributed by atoms with Crippen molar-refractivity contribution in [1.82, 2.24) is 4.98 Å². The van der Waals surface area contributed by atoms with Gasteiger partial charge in [0.2, 0.25) is 0 Å². The second kappa shape index (κ2) is 2.91. The number of rotatable bonds is 1. The third-order valence-electron chi connectivity index (χ3n) is 1.04. The molecule has 1 aromatic heterocycles. The molecule has 10 heavy (non-hydrogen) atoms. The second-order valence-corrected chi connectivity index (χ2v) is 1.73. The van der Waals surface area contributed by atoms with Gasteiger partial charge >= 0.3 is 0 Å². The first-order valence-corrected chi connectivity index (χ1v) is 2.84. The van der Waals surface area contributed by atoms with Crippen molar-refractivity contribution < 1.29 is 0 Å². The van der Waals surface area contributed by atoms with Crippen molar-refractivity contribution in [3.8, 4) is 0 Å². The normalized spacial score (nSPS) is 10.5. The summed E-state index contributed by atoms with van der Waals surface area (Å²) in [6, 6.07) is 1.71. The number of hydrogen-bond donors (Lipinski definition) is 1. The first-order chi connectivity index (χ1) is 4.84. The highest BCUT2D eigenvalue weighted by molar-refractivity contribution is 5.59. The van der Waals surface area contributed by atoms with Gasteiger partial charge in [0.1, 0.15) is 5.69 Å². The molecule has 4 nitrogen and oxygen atoms in total. The first-order valence-electron chi connectivity index (χ1n) is 2.84. The van der Waals surface area contributed by atoms with Crippen LogP contribution in [0, 0.1) is 0 Å². The van der Waals surface area contributed by atoms with Gasteiger partial charge in [-0.1, -0.05) is 0 Å². The Balaban J connectivity index is 3.03. The van der Waals surface area contributed by atoms with Crippen molar-refractivity contribution in [3.63, 3.8) is 0 Å². The van der Waals surface area contributed by atoms with Crippen LogP contribution in [0.1, 0.15) is 0 Å². The molecule has 0 aliphatic rings. The predicted molar refractivity (Wildman–Crippen MR) is 39.1 cm³/mol. The van der Waals surface area contributed by atoms with Gasteiger partial charge in [0.15, 0.2) is 0 Å². The van der Waals surface area contributed by atoms with E-state index in [9.17, 15) is 0 Å². The van der Waals surface area contributed by atoms with Crippen molar-refractivity contribution in [2.45, 2.75) is 0 Å². The van der Waals surface area contributed by atoms with Crippen LogP contribution in [0.3, 0.4) is 0 Å². The minimum Gasteiger partial charge on any atom is -0.396 e. The average molecular weight is 136 g/mol. The van der Waals surface area contributed by atoms with Crippen LogP contribution in [0.2, 0.25) is 0 Å². The summed E-state index contributed by atoms with van der Waals surface area (Å²) >= 11 is 0. The highest BCUT2D eigenvalue weighted by Crippen LogP contribution is 2.18. The minimum atomic E-state index is 0.549. The van der Waals surface area contributed by atoms with Gasteiger partial charge in [-0.05, 0) is 6.07 Å². The molecule has 2 N–H and O–H groups in total. The largest absolute Gasteiger partial charge is 0.396 e. The lowest BCUT2D eigenvalue weighted by Gasteiger charge is -1.93. The van der Waals surface area contributed by atoms with Crippen LogP contribution in [-0.2, 0) is 0 Å². The summed E-state index contributed by atoms with van der Waals surface area (Å²) in [5.41, 5.74) is 6.70. The molecule has 0 aliphatic heterocycles. The number of pyridine rings is 1. The van der Waals surface area contributed by atoms with Gasteiger partial charge in [-0.3, -0.25) is 4.98 Å². The zero-order valence-electron chi connectivity index (χ0n) is 5.65. The molecule has 4 heteroatoms. The molecule has 0 saturated carbocycles. The van der Waals surface area contributed by atoms with E-state index in [-0.39, 0.29) is 0 Å². The summed E-state index contributed by atoms with van der Waals surface area (Å²) in [5, 5.41) is 7.35. The molecule has 0 aliphatic carbocycles. The third kappa shape index (κ3) is 1.28. The van der Waals surface area contributed by atoms with E-state index in [1.165, 1.54) is 0 Å². The standard InChI is InChI=1S/C6H8N4/c1-8-10-6-2-3-9-4-5(6)7/h2-4H,7H2,1H3. The zero-order valence-corrected chi connectivity index (χ0v) is 5.65. The SMILES string of the molecule is CN=Nc1ccncc1N. The van der Waals surface area contributed by atoms with Gasteiger partial charge in [-0.25, -0.2) is 0 Å². The highest BCUT2D eigenvalue weighted by atomic mass is 15.1. The molecule has 0 saturated heterocycles. The van der Waals surface area contributed by atoms with E-state index in [2.05, 4.69) is 15.2 Å². The van der Waals surface area contributed by atoms with Gasteiger partial charge in [0.05, 0.1) is 11.9 Å². The van der Waals surface area contributed by atoms with Crippen molar-refractivity contribution >= 4 is 11.4 Å². The van der Waals surface area contributed by atoms with E-state index >= 15 is 0 Å². The van der Waals surface area contributed by atoms with E-state index in [1.54, 1.807) is 25.5 Å². The van der Waals surface area contributed by atoms with Crippen LogP contribution in [0.15, 0.2) is 28.7 Å². The third-order valence-corrected chi connectivity index (χ3v) is 1.04. The van der Waals surface area contributed by atoms with Crippen molar-refractivity contribution in [3.05, 3.63) is 18.5 Å². The Morgan fingerprint density at radius 3 is 3.00 bits per heavy atom. The second-order valence-electron chi connectivity index (χ2n) is 1.73. The summed E-state index contributed by atoms with van der Waals surface area (Å²) in [7, 11) is 1.60. The summed E-state index contributed by atoms with van der Waals surface area (Å²) in [4.78, 5) is 3.80. The Morgan fingerprint density at radius 2 is 2.40 bits per heavy atom. The first kappa shape index (κ1) is 6.67. The van der Waals surface area contributed by atoms with E-state index < -0.39 is 0 Å². The lowest BCUT2D eigenvalue weighted by Crippen LogP contribution is -1.84. The lowest BCUT2D eigenvalue weighted by molar-refractivity contribution is 1.16. The molecular weight excluding hydrogens is 128 g/mol. The van der Waals surface area contributed by atoms with Crippen molar-refractivity contribution in [2.75, 3.05) is 12.8 Å². The summed E-state index contributed by atoms with van der Waals surface area (Å²) in [6.45, 7) is 0. The molecule has 1 heterocycles. The number of anilines is 1. The maximum Gasteiger partial charge on any atom is 0.111 e. The Morgan fingerprint density at radius 1 is 1.60 bits per heavy atom. The number of nitrogens with zero attached hydrogens (tertiary/aromatic N) is 3. The van der Waals surface area contributed by atoms with E-state index in [0.29, 0.717) is 11.4 Å². The Kier molecular flexibility index (Phi) is 1.94. The summed E-state index contributed by atoms with van der Waals surface area (Å²) in [6.07, 6.45) is 3.17. The van der Waals surface area contributed by atoms with Gasteiger partial charge in [0.25, 0.3) is 0 Å². The molecule has 0 bridgehead atoms. The maximum absolute atomic E-state index is 5.49. The number of nitrogens with two attached hydrogens (primary N) is 1. The number of aromatic nitrogens is 1. The van der Waals surface area contributed by atoms with Crippen LogP contribution >= 0.6 is 0 Å². The molecule has 1 aromatic rings. The molecule has 0 unspecified atom stereocenters. The van der Waals surface area contributed by atoms with Gasteiger partial charge < -0.3 is 5.73 Å². The fraction of sp³-hybridized carbons (Fsp3) is 0.167. The van der Waals surface area contributed by atoms with E-state index in [4.69, 9.17) is 5.73 Å². The molecule has 0 radical (unpaired) electrons. The van der Waals surface area contributed by atoms with Crippen LogP contribution in [-0.4, -0.2) is 12.0 Å². The topological polar surface area (TPSA) is 63.6 Å². The summed E-state index contributed by atoms with van der Waals surface area (Å²) < 4.78 is 0. The Labute approximate surface area is 58.8 Å². The fourth-order valence-corrected chi connectivity index (χ4v) is 0.598. The molecule has 0 fully saturated rings. The molecule has 0 spiro atoms. The van der Waals surface area contributed by atoms with Crippen LogP contribution in [0.5, 0.6) is 0 Å². The molecule has 52 valence electrons. The lowest BCUT2D eigenvalue weighted by atomic mass is 10.4. The van der Waals surface area contributed by atoms with Gasteiger partial charge in [-0.2, -0.15) is 10.2 Å². The molecular formula is C6H8N4. The van der Waals surface area contributed by atoms with Gasteiger partial charge in [0, 0.05) is 13.2 Å².